The molecule has 0 bridgehead atoms. The van der Waals surface area contributed by atoms with Crippen LogP contribution in [0.2, 0.25) is 0 Å². The molecule has 0 saturated heterocycles. The summed E-state index contributed by atoms with van der Waals surface area (Å²) < 4.78 is 0. The SMILES string of the molecule is Cc1cccc(NC(=O)c2cn[nH]c2)c1C. The Labute approximate surface area is 93.7 Å². The lowest BCUT2D eigenvalue weighted by Crippen LogP contribution is -2.12. The van der Waals surface area contributed by atoms with Gasteiger partial charge in [0, 0.05) is 11.9 Å². The van der Waals surface area contributed by atoms with Crippen LogP contribution in [0.1, 0.15) is 21.5 Å². The van der Waals surface area contributed by atoms with E-state index in [1.165, 1.54) is 6.20 Å². The van der Waals surface area contributed by atoms with Crippen LogP contribution < -0.4 is 5.32 Å². The van der Waals surface area contributed by atoms with Crippen molar-refractivity contribution in [3.8, 4) is 0 Å². The molecule has 16 heavy (non-hydrogen) atoms. The number of nitrogens with zero attached hydrogens (tertiary/aromatic N) is 1. The van der Waals surface area contributed by atoms with E-state index in [1.807, 2.05) is 32.0 Å². The third-order valence-corrected chi connectivity index (χ3v) is 2.61. The maximum atomic E-state index is 11.8. The molecule has 2 N–H and O–H groups in total. The molecule has 0 aliphatic rings. The van der Waals surface area contributed by atoms with E-state index >= 15 is 0 Å². The summed E-state index contributed by atoms with van der Waals surface area (Å²) in [5, 5.41) is 9.21. The summed E-state index contributed by atoms with van der Waals surface area (Å²) in [6, 6.07) is 5.83. The quantitative estimate of drug-likeness (QED) is 0.807. The van der Waals surface area contributed by atoms with Gasteiger partial charge in [-0.25, -0.2) is 0 Å². The number of hydrogen-bond donors (Lipinski definition) is 2. The second kappa shape index (κ2) is 4.18. The summed E-state index contributed by atoms with van der Waals surface area (Å²) >= 11 is 0. The lowest BCUT2D eigenvalue weighted by molar-refractivity contribution is 0.102. The Morgan fingerprint density at radius 1 is 1.38 bits per heavy atom. The van der Waals surface area contributed by atoms with Crippen LogP contribution in [0, 0.1) is 13.8 Å². The highest BCUT2D eigenvalue weighted by atomic mass is 16.1. The zero-order chi connectivity index (χ0) is 11.5. The van der Waals surface area contributed by atoms with Gasteiger partial charge in [-0.1, -0.05) is 12.1 Å². The highest BCUT2D eigenvalue weighted by Gasteiger charge is 2.08. The molecule has 1 aromatic carbocycles. The maximum Gasteiger partial charge on any atom is 0.258 e. The molecule has 1 aromatic heterocycles. The molecular weight excluding hydrogens is 202 g/mol. The Balaban J connectivity index is 2.22. The van der Waals surface area contributed by atoms with Gasteiger partial charge >= 0.3 is 0 Å². The van der Waals surface area contributed by atoms with Crippen LogP contribution in [0.3, 0.4) is 0 Å². The molecule has 82 valence electrons. The number of anilines is 1. The van der Waals surface area contributed by atoms with E-state index in [1.54, 1.807) is 6.20 Å². The average molecular weight is 215 g/mol. The topological polar surface area (TPSA) is 57.8 Å². The summed E-state index contributed by atoms with van der Waals surface area (Å²) in [4.78, 5) is 11.8. The molecule has 2 aromatic rings. The van der Waals surface area contributed by atoms with Crippen molar-refractivity contribution in [3.05, 3.63) is 47.3 Å². The minimum absolute atomic E-state index is 0.151. The van der Waals surface area contributed by atoms with Crippen LogP contribution in [0.4, 0.5) is 5.69 Å². The molecule has 0 atom stereocenters. The van der Waals surface area contributed by atoms with Crippen LogP contribution in [0.15, 0.2) is 30.6 Å². The van der Waals surface area contributed by atoms with Crippen molar-refractivity contribution in [1.29, 1.82) is 0 Å². The Bertz CT molecular complexity index is 503. The molecule has 2 rings (SSSR count). The molecule has 0 saturated carbocycles. The normalized spacial score (nSPS) is 10.1. The first-order valence-electron chi connectivity index (χ1n) is 5.05. The number of amides is 1. The first-order valence-corrected chi connectivity index (χ1v) is 5.05. The van der Waals surface area contributed by atoms with Crippen molar-refractivity contribution in [1.82, 2.24) is 10.2 Å². The predicted molar refractivity (Wildman–Crippen MR) is 62.5 cm³/mol. The fourth-order valence-corrected chi connectivity index (χ4v) is 1.46. The lowest BCUT2D eigenvalue weighted by atomic mass is 10.1. The fourth-order valence-electron chi connectivity index (χ4n) is 1.46. The van der Waals surface area contributed by atoms with Crippen LogP contribution >= 0.6 is 0 Å². The largest absolute Gasteiger partial charge is 0.322 e. The van der Waals surface area contributed by atoms with Gasteiger partial charge < -0.3 is 5.32 Å². The van der Waals surface area contributed by atoms with E-state index in [0.29, 0.717) is 5.56 Å². The van der Waals surface area contributed by atoms with Crippen molar-refractivity contribution in [3.63, 3.8) is 0 Å². The number of H-pyrrole nitrogens is 1. The third kappa shape index (κ3) is 1.95. The van der Waals surface area contributed by atoms with Crippen molar-refractivity contribution < 1.29 is 4.79 Å². The Hall–Kier alpha value is -2.10. The van der Waals surface area contributed by atoms with E-state index in [2.05, 4.69) is 15.5 Å². The second-order valence-electron chi connectivity index (χ2n) is 3.69. The second-order valence-corrected chi connectivity index (χ2v) is 3.69. The van der Waals surface area contributed by atoms with Gasteiger partial charge in [-0.2, -0.15) is 5.10 Å². The Kier molecular flexibility index (Phi) is 2.72. The molecule has 0 aliphatic carbocycles. The molecule has 0 spiro atoms. The van der Waals surface area contributed by atoms with Gasteiger partial charge in [-0.15, -0.1) is 0 Å². The number of nitrogens with one attached hydrogen (secondary N) is 2. The van der Waals surface area contributed by atoms with Gasteiger partial charge in [0.1, 0.15) is 0 Å². The number of carbonyl (C=O) groups is 1. The number of benzene rings is 1. The molecule has 1 amide bonds. The zero-order valence-electron chi connectivity index (χ0n) is 9.24. The smallest absolute Gasteiger partial charge is 0.258 e. The van der Waals surface area contributed by atoms with Gasteiger partial charge in [-0.3, -0.25) is 9.89 Å². The van der Waals surface area contributed by atoms with E-state index in [0.717, 1.165) is 16.8 Å². The zero-order valence-corrected chi connectivity index (χ0v) is 9.24. The third-order valence-electron chi connectivity index (χ3n) is 2.61. The van der Waals surface area contributed by atoms with Gasteiger partial charge in [-0.05, 0) is 31.0 Å². The predicted octanol–water partition coefficient (Wildman–Crippen LogP) is 2.28. The van der Waals surface area contributed by atoms with Gasteiger partial charge in [0.25, 0.3) is 5.91 Å². The molecular formula is C12H13N3O. The molecule has 0 unspecified atom stereocenters. The van der Waals surface area contributed by atoms with Gasteiger partial charge in [0.2, 0.25) is 0 Å². The van der Waals surface area contributed by atoms with Crippen LogP contribution in [-0.2, 0) is 0 Å². The number of rotatable bonds is 2. The monoisotopic (exact) mass is 215 g/mol. The number of aromatic amines is 1. The lowest BCUT2D eigenvalue weighted by Gasteiger charge is -2.09. The fraction of sp³-hybridized carbons (Fsp3) is 0.167. The highest BCUT2D eigenvalue weighted by Crippen LogP contribution is 2.18. The van der Waals surface area contributed by atoms with E-state index < -0.39 is 0 Å². The molecule has 4 heteroatoms. The van der Waals surface area contributed by atoms with Crippen molar-refractivity contribution >= 4 is 11.6 Å². The van der Waals surface area contributed by atoms with Crippen LogP contribution in [0.25, 0.3) is 0 Å². The van der Waals surface area contributed by atoms with Gasteiger partial charge in [0.15, 0.2) is 0 Å². The standard InChI is InChI=1S/C12H13N3O/c1-8-4-3-5-11(9(8)2)15-12(16)10-6-13-14-7-10/h3-7H,1-2H3,(H,13,14)(H,15,16). The first kappa shape index (κ1) is 10.4. The summed E-state index contributed by atoms with van der Waals surface area (Å²) in [5.41, 5.74) is 3.61. The molecule has 4 nitrogen and oxygen atoms in total. The Morgan fingerprint density at radius 2 is 2.19 bits per heavy atom. The average Bonchev–Trinajstić information content (AvgIpc) is 2.78. The number of hydrogen-bond acceptors (Lipinski definition) is 2. The summed E-state index contributed by atoms with van der Waals surface area (Å²) in [7, 11) is 0. The molecule has 0 fully saturated rings. The maximum absolute atomic E-state index is 11.8. The highest BCUT2D eigenvalue weighted by molar-refractivity contribution is 6.04. The van der Waals surface area contributed by atoms with Crippen molar-refractivity contribution in [2.24, 2.45) is 0 Å². The van der Waals surface area contributed by atoms with E-state index in [9.17, 15) is 4.79 Å². The van der Waals surface area contributed by atoms with Crippen molar-refractivity contribution in [2.75, 3.05) is 5.32 Å². The summed E-state index contributed by atoms with van der Waals surface area (Å²) in [5.74, 6) is -0.151. The minimum atomic E-state index is -0.151. The van der Waals surface area contributed by atoms with Crippen LogP contribution in [-0.4, -0.2) is 16.1 Å². The summed E-state index contributed by atoms with van der Waals surface area (Å²) in [6.07, 6.45) is 3.07. The van der Waals surface area contributed by atoms with E-state index in [-0.39, 0.29) is 5.91 Å². The number of carbonyl (C=O) groups excluding carboxylic acids is 1. The van der Waals surface area contributed by atoms with Crippen molar-refractivity contribution in [2.45, 2.75) is 13.8 Å². The summed E-state index contributed by atoms with van der Waals surface area (Å²) in [6.45, 7) is 4.00. The number of aromatic nitrogens is 2. The molecule has 0 aliphatic heterocycles. The number of aryl methyl sites for hydroxylation is 1. The van der Waals surface area contributed by atoms with Crippen LogP contribution in [0.5, 0.6) is 0 Å². The molecule has 0 radical (unpaired) electrons. The first-order chi connectivity index (χ1) is 7.68. The minimum Gasteiger partial charge on any atom is -0.322 e. The van der Waals surface area contributed by atoms with E-state index in [4.69, 9.17) is 0 Å². The Morgan fingerprint density at radius 3 is 2.88 bits per heavy atom. The van der Waals surface area contributed by atoms with Gasteiger partial charge in [0.05, 0.1) is 11.8 Å². The molecule has 1 heterocycles.